The standard InChI is InChI=1S/C18H22O2/c1-3-5-9-14(4-2)18(19)20-17-13-8-11-15-10-6-7-12-16(15)17/h6-8,10-14H,3-5,9H2,1-2H3. The van der Waals surface area contributed by atoms with Gasteiger partial charge in [-0.3, -0.25) is 4.79 Å². The number of rotatable bonds is 6. The highest BCUT2D eigenvalue weighted by molar-refractivity contribution is 5.90. The first kappa shape index (κ1) is 14.6. The Morgan fingerprint density at radius 1 is 1.10 bits per heavy atom. The van der Waals surface area contributed by atoms with Gasteiger partial charge < -0.3 is 4.74 Å². The number of benzene rings is 2. The van der Waals surface area contributed by atoms with E-state index >= 15 is 0 Å². The SMILES string of the molecule is CCCCC(CC)C(=O)Oc1cccc2ccccc12. The van der Waals surface area contributed by atoms with Crippen LogP contribution in [0.5, 0.6) is 5.75 Å². The molecule has 0 aromatic heterocycles. The Hall–Kier alpha value is -1.83. The molecular formula is C18H22O2. The third-order valence-corrected chi connectivity index (χ3v) is 3.69. The summed E-state index contributed by atoms with van der Waals surface area (Å²) in [5.74, 6) is 0.578. The number of carbonyl (C=O) groups is 1. The second-order valence-corrected chi connectivity index (χ2v) is 5.15. The third-order valence-electron chi connectivity index (χ3n) is 3.69. The Morgan fingerprint density at radius 2 is 1.85 bits per heavy atom. The van der Waals surface area contributed by atoms with E-state index in [1.807, 2.05) is 49.4 Å². The van der Waals surface area contributed by atoms with Crippen LogP contribution in [0.4, 0.5) is 0 Å². The van der Waals surface area contributed by atoms with E-state index in [1.165, 1.54) is 0 Å². The molecule has 0 N–H and O–H groups in total. The molecule has 106 valence electrons. The molecular weight excluding hydrogens is 248 g/mol. The number of unbranched alkanes of at least 4 members (excludes halogenated alkanes) is 1. The summed E-state index contributed by atoms with van der Waals surface area (Å²) >= 11 is 0. The zero-order valence-electron chi connectivity index (χ0n) is 12.3. The summed E-state index contributed by atoms with van der Waals surface area (Å²) in [6.07, 6.45) is 3.93. The van der Waals surface area contributed by atoms with Gasteiger partial charge in [-0.05, 0) is 24.3 Å². The molecule has 0 amide bonds. The van der Waals surface area contributed by atoms with Crippen LogP contribution in [0.25, 0.3) is 10.8 Å². The van der Waals surface area contributed by atoms with Crippen molar-refractivity contribution in [3.05, 3.63) is 42.5 Å². The van der Waals surface area contributed by atoms with Crippen molar-refractivity contribution in [3.63, 3.8) is 0 Å². The molecule has 0 bridgehead atoms. The number of esters is 1. The summed E-state index contributed by atoms with van der Waals surface area (Å²) in [6, 6.07) is 13.8. The van der Waals surface area contributed by atoms with E-state index in [-0.39, 0.29) is 11.9 Å². The quantitative estimate of drug-likeness (QED) is 0.547. The minimum atomic E-state index is -0.0997. The molecule has 0 saturated heterocycles. The van der Waals surface area contributed by atoms with Crippen molar-refractivity contribution in [2.75, 3.05) is 0 Å². The smallest absolute Gasteiger partial charge is 0.314 e. The van der Waals surface area contributed by atoms with E-state index in [1.54, 1.807) is 0 Å². The Bertz CT molecular complexity index is 569. The van der Waals surface area contributed by atoms with E-state index in [2.05, 4.69) is 6.92 Å². The second-order valence-electron chi connectivity index (χ2n) is 5.15. The molecule has 0 aliphatic heterocycles. The fraction of sp³-hybridized carbons (Fsp3) is 0.389. The average molecular weight is 270 g/mol. The van der Waals surface area contributed by atoms with Crippen LogP contribution in [0.2, 0.25) is 0 Å². The first-order valence-electron chi connectivity index (χ1n) is 7.45. The Morgan fingerprint density at radius 3 is 2.60 bits per heavy atom. The minimum absolute atomic E-state index is 0.00826. The van der Waals surface area contributed by atoms with Crippen LogP contribution < -0.4 is 4.74 Å². The lowest BCUT2D eigenvalue weighted by molar-refractivity contribution is -0.139. The maximum Gasteiger partial charge on any atom is 0.314 e. The number of carbonyl (C=O) groups excluding carboxylic acids is 1. The van der Waals surface area contributed by atoms with Gasteiger partial charge in [0.2, 0.25) is 0 Å². The Balaban J connectivity index is 2.17. The van der Waals surface area contributed by atoms with Crippen molar-refractivity contribution in [2.45, 2.75) is 39.5 Å². The van der Waals surface area contributed by atoms with Crippen LogP contribution in [0.3, 0.4) is 0 Å². The molecule has 0 heterocycles. The molecule has 20 heavy (non-hydrogen) atoms. The van der Waals surface area contributed by atoms with Gasteiger partial charge in [0.15, 0.2) is 0 Å². The van der Waals surface area contributed by atoms with E-state index in [0.717, 1.165) is 36.5 Å². The van der Waals surface area contributed by atoms with Crippen molar-refractivity contribution in [3.8, 4) is 5.75 Å². The molecule has 0 saturated carbocycles. The van der Waals surface area contributed by atoms with Crippen LogP contribution in [-0.2, 0) is 4.79 Å². The van der Waals surface area contributed by atoms with Crippen LogP contribution in [0, 0.1) is 5.92 Å². The van der Waals surface area contributed by atoms with Gasteiger partial charge in [-0.2, -0.15) is 0 Å². The molecule has 0 spiro atoms. The predicted octanol–water partition coefficient (Wildman–Crippen LogP) is 4.96. The Labute approximate surface area is 120 Å². The average Bonchev–Trinajstić information content (AvgIpc) is 2.48. The highest BCUT2D eigenvalue weighted by Gasteiger charge is 2.18. The van der Waals surface area contributed by atoms with Crippen molar-refractivity contribution < 1.29 is 9.53 Å². The summed E-state index contributed by atoms with van der Waals surface area (Å²) in [7, 11) is 0. The fourth-order valence-corrected chi connectivity index (χ4v) is 2.42. The first-order valence-corrected chi connectivity index (χ1v) is 7.45. The third kappa shape index (κ3) is 3.38. The second kappa shape index (κ2) is 7.09. The highest BCUT2D eigenvalue weighted by atomic mass is 16.5. The number of ether oxygens (including phenoxy) is 1. The summed E-state index contributed by atoms with van der Waals surface area (Å²) < 4.78 is 5.64. The zero-order chi connectivity index (χ0) is 14.4. The summed E-state index contributed by atoms with van der Waals surface area (Å²) in [6.45, 7) is 4.19. The molecule has 1 unspecified atom stereocenters. The van der Waals surface area contributed by atoms with Gasteiger partial charge >= 0.3 is 5.97 Å². The van der Waals surface area contributed by atoms with Crippen LogP contribution in [0.15, 0.2) is 42.5 Å². The van der Waals surface area contributed by atoms with E-state index in [0.29, 0.717) is 5.75 Å². The van der Waals surface area contributed by atoms with Crippen LogP contribution in [0.1, 0.15) is 39.5 Å². The molecule has 0 fully saturated rings. The molecule has 2 rings (SSSR count). The summed E-state index contributed by atoms with van der Waals surface area (Å²) in [5.41, 5.74) is 0. The van der Waals surface area contributed by atoms with Crippen molar-refractivity contribution in [1.82, 2.24) is 0 Å². The van der Waals surface area contributed by atoms with Gasteiger partial charge in [-0.25, -0.2) is 0 Å². The van der Waals surface area contributed by atoms with Crippen molar-refractivity contribution in [2.24, 2.45) is 5.92 Å². The fourth-order valence-electron chi connectivity index (χ4n) is 2.42. The number of fused-ring (bicyclic) bond motifs is 1. The van der Waals surface area contributed by atoms with Gasteiger partial charge in [0, 0.05) is 5.39 Å². The Kier molecular flexibility index (Phi) is 5.16. The normalized spacial score (nSPS) is 12.3. The van der Waals surface area contributed by atoms with E-state index < -0.39 is 0 Å². The van der Waals surface area contributed by atoms with E-state index in [4.69, 9.17) is 4.74 Å². The van der Waals surface area contributed by atoms with Gasteiger partial charge in [0.1, 0.15) is 5.75 Å². The molecule has 2 heteroatoms. The molecule has 0 radical (unpaired) electrons. The molecule has 2 nitrogen and oxygen atoms in total. The maximum absolute atomic E-state index is 12.3. The van der Waals surface area contributed by atoms with E-state index in [9.17, 15) is 4.79 Å². The molecule has 0 aliphatic rings. The minimum Gasteiger partial charge on any atom is -0.426 e. The maximum atomic E-state index is 12.3. The monoisotopic (exact) mass is 270 g/mol. The van der Waals surface area contributed by atoms with Gasteiger partial charge in [-0.15, -0.1) is 0 Å². The van der Waals surface area contributed by atoms with Crippen molar-refractivity contribution in [1.29, 1.82) is 0 Å². The largest absolute Gasteiger partial charge is 0.426 e. The van der Waals surface area contributed by atoms with Crippen molar-refractivity contribution >= 4 is 16.7 Å². The molecule has 2 aromatic rings. The zero-order valence-corrected chi connectivity index (χ0v) is 12.3. The topological polar surface area (TPSA) is 26.3 Å². The summed E-state index contributed by atoms with van der Waals surface area (Å²) in [5, 5.41) is 2.09. The lowest BCUT2D eigenvalue weighted by Crippen LogP contribution is -2.20. The van der Waals surface area contributed by atoms with Gasteiger partial charge in [0.25, 0.3) is 0 Å². The summed E-state index contributed by atoms with van der Waals surface area (Å²) in [4.78, 5) is 12.3. The lowest BCUT2D eigenvalue weighted by Gasteiger charge is -2.14. The number of hydrogen-bond acceptors (Lipinski definition) is 2. The lowest BCUT2D eigenvalue weighted by atomic mass is 9.99. The van der Waals surface area contributed by atoms with Crippen LogP contribution in [-0.4, -0.2) is 5.97 Å². The number of hydrogen-bond donors (Lipinski definition) is 0. The molecule has 0 aliphatic carbocycles. The highest BCUT2D eigenvalue weighted by Crippen LogP contribution is 2.26. The predicted molar refractivity (Wildman–Crippen MR) is 82.9 cm³/mol. The van der Waals surface area contributed by atoms with Gasteiger partial charge in [0.05, 0.1) is 5.92 Å². The first-order chi connectivity index (χ1) is 9.76. The molecule has 2 aromatic carbocycles. The van der Waals surface area contributed by atoms with Crippen LogP contribution >= 0.6 is 0 Å². The molecule has 1 atom stereocenters. The van der Waals surface area contributed by atoms with Gasteiger partial charge in [-0.1, -0.05) is 63.1 Å².